The largest absolute Gasteiger partial charge is 0.454 e. The number of nitrogens with one attached hydrogen (secondary N) is 2. The third kappa shape index (κ3) is 3.71. The van der Waals surface area contributed by atoms with Crippen LogP contribution in [0.3, 0.4) is 0 Å². The van der Waals surface area contributed by atoms with Crippen LogP contribution < -0.4 is 20.1 Å². The van der Waals surface area contributed by atoms with Gasteiger partial charge in [0.05, 0.1) is 11.5 Å². The van der Waals surface area contributed by atoms with Gasteiger partial charge in [0.15, 0.2) is 21.3 Å². The Morgan fingerprint density at radius 3 is 2.56 bits per heavy atom. The van der Waals surface area contributed by atoms with E-state index in [4.69, 9.17) is 9.47 Å². The van der Waals surface area contributed by atoms with Gasteiger partial charge in [0.2, 0.25) is 18.6 Å². The summed E-state index contributed by atoms with van der Waals surface area (Å²) < 4.78 is 33.4. The van der Waals surface area contributed by atoms with E-state index >= 15 is 0 Å². The van der Waals surface area contributed by atoms with Crippen LogP contribution in [0.25, 0.3) is 0 Å². The molecule has 0 saturated carbocycles. The fourth-order valence-electron chi connectivity index (χ4n) is 2.64. The Bertz CT molecular complexity index is 818. The number of ether oxygens (including phenoxy) is 2. The topological polar surface area (TPSA) is 111 Å². The van der Waals surface area contributed by atoms with Crippen molar-refractivity contribution >= 4 is 27.3 Å². The monoisotopic (exact) mass is 368 g/mol. The molecule has 0 spiro atoms. The number of hydrogen-bond acceptors (Lipinski definition) is 6. The lowest BCUT2D eigenvalue weighted by Crippen LogP contribution is -2.48. The van der Waals surface area contributed by atoms with Crippen molar-refractivity contribution in [1.82, 2.24) is 5.32 Å². The van der Waals surface area contributed by atoms with Crippen LogP contribution in [0.5, 0.6) is 11.5 Å². The van der Waals surface area contributed by atoms with Gasteiger partial charge < -0.3 is 20.1 Å². The minimum absolute atomic E-state index is 0.0573. The number of anilines is 1. The van der Waals surface area contributed by atoms with Gasteiger partial charge in [0, 0.05) is 17.8 Å². The zero-order valence-corrected chi connectivity index (χ0v) is 14.8. The zero-order chi connectivity index (χ0) is 18.2. The van der Waals surface area contributed by atoms with Crippen LogP contribution in [0.2, 0.25) is 0 Å². The molecule has 3 rings (SSSR count). The molecule has 1 aromatic carbocycles. The Balaban J connectivity index is 1.64. The summed E-state index contributed by atoms with van der Waals surface area (Å²) in [5.74, 6) is 0.0895. The molecule has 2 aliphatic heterocycles. The van der Waals surface area contributed by atoms with E-state index in [1.54, 1.807) is 18.2 Å². The lowest BCUT2D eigenvalue weighted by Gasteiger charge is -2.24. The Hall–Kier alpha value is -2.29. The Morgan fingerprint density at radius 1 is 1.16 bits per heavy atom. The van der Waals surface area contributed by atoms with Crippen molar-refractivity contribution < 1.29 is 27.5 Å². The maximum Gasteiger partial charge on any atom is 0.239 e. The molecular weight excluding hydrogens is 348 g/mol. The van der Waals surface area contributed by atoms with Crippen LogP contribution in [-0.2, 0) is 19.4 Å². The van der Waals surface area contributed by atoms with E-state index in [9.17, 15) is 18.0 Å². The number of fused-ring (bicyclic) bond motifs is 1. The van der Waals surface area contributed by atoms with E-state index in [1.807, 2.05) is 0 Å². The lowest BCUT2D eigenvalue weighted by atomic mass is 9.90. The third-order valence-electron chi connectivity index (χ3n) is 4.33. The van der Waals surface area contributed by atoms with E-state index in [0.29, 0.717) is 23.6 Å². The highest BCUT2D eigenvalue weighted by Gasteiger charge is 2.39. The second kappa shape index (κ2) is 6.21. The van der Waals surface area contributed by atoms with Crippen molar-refractivity contribution in [1.29, 1.82) is 0 Å². The first-order chi connectivity index (χ1) is 11.7. The van der Waals surface area contributed by atoms with Crippen LogP contribution in [0, 0.1) is 5.41 Å². The molecule has 2 N–H and O–H groups in total. The molecule has 0 aliphatic carbocycles. The van der Waals surface area contributed by atoms with Crippen molar-refractivity contribution in [3.05, 3.63) is 18.2 Å². The average Bonchev–Trinajstić information content (AvgIpc) is 3.12. The Kier molecular flexibility index (Phi) is 4.36. The number of carbonyl (C=O) groups is 2. The van der Waals surface area contributed by atoms with Crippen LogP contribution in [0.1, 0.15) is 20.3 Å². The molecule has 1 aromatic rings. The minimum Gasteiger partial charge on any atom is -0.454 e. The molecule has 1 unspecified atom stereocenters. The summed E-state index contributed by atoms with van der Waals surface area (Å²) in [6.45, 7) is 3.12. The molecule has 0 aromatic heterocycles. The van der Waals surface area contributed by atoms with Gasteiger partial charge in [-0.15, -0.1) is 0 Å². The van der Waals surface area contributed by atoms with E-state index in [1.165, 1.54) is 13.8 Å². The van der Waals surface area contributed by atoms with Crippen LogP contribution in [0.4, 0.5) is 5.69 Å². The molecule has 0 radical (unpaired) electrons. The van der Waals surface area contributed by atoms with E-state index in [-0.39, 0.29) is 18.3 Å². The molecule has 136 valence electrons. The third-order valence-corrected chi connectivity index (χ3v) is 6.10. The first-order valence-corrected chi connectivity index (χ1v) is 9.72. The highest BCUT2D eigenvalue weighted by Crippen LogP contribution is 2.34. The first kappa shape index (κ1) is 17.5. The van der Waals surface area contributed by atoms with Crippen LogP contribution >= 0.6 is 0 Å². The first-order valence-electron chi connectivity index (χ1n) is 7.90. The van der Waals surface area contributed by atoms with Crippen molar-refractivity contribution in [3.8, 4) is 11.5 Å². The highest BCUT2D eigenvalue weighted by atomic mass is 32.2. The quantitative estimate of drug-likeness (QED) is 0.756. The second-order valence-electron chi connectivity index (χ2n) is 6.72. The number of rotatable bonds is 4. The SMILES string of the molecule is CC(C)(C(=O)Nc1ccc2c(c1)OCO2)C(=O)NC1CCS(=O)(=O)C1. The smallest absolute Gasteiger partial charge is 0.239 e. The zero-order valence-electron chi connectivity index (χ0n) is 14.0. The maximum absolute atomic E-state index is 12.5. The fraction of sp³-hybridized carbons (Fsp3) is 0.500. The molecule has 1 fully saturated rings. The average molecular weight is 368 g/mol. The molecule has 0 bridgehead atoms. The summed E-state index contributed by atoms with van der Waals surface area (Å²) in [5, 5.41) is 5.34. The molecule has 25 heavy (non-hydrogen) atoms. The van der Waals surface area contributed by atoms with Gasteiger partial charge in [-0.05, 0) is 32.4 Å². The van der Waals surface area contributed by atoms with Crippen molar-refractivity contribution in [2.75, 3.05) is 23.6 Å². The van der Waals surface area contributed by atoms with E-state index in [2.05, 4.69) is 10.6 Å². The summed E-state index contributed by atoms with van der Waals surface area (Å²) >= 11 is 0. The molecule has 8 nitrogen and oxygen atoms in total. The molecule has 2 amide bonds. The maximum atomic E-state index is 12.5. The van der Waals surface area contributed by atoms with Crippen LogP contribution in [0.15, 0.2) is 18.2 Å². The van der Waals surface area contributed by atoms with Gasteiger partial charge in [-0.1, -0.05) is 0 Å². The summed E-state index contributed by atoms with van der Waals surface area (Å²) in [6.07, 6.45) is 0.369. The predicted molar refractivity (Wildman–Crippen MR) is 90.2 cm³/mol. The second-order valence-corrected chi connectivity index (χ2v) is 8.95. The van der Waals surface area contributed by atoms with Crippen LogP contribution in [-0.4, -0.2) is 44.6 Å². The van der Waals surface area contributed by atoms with Gasteiger partial charge >= 0.3 is 0 Å². The lowest BCUT2D eigenvalue weighted by molar-refractivity contribution is -0.138. The number of benzene rings is 1. The summed E-state index contributed by atoms with van der Waals surface area (Å²) in [5.41, 5.74) is -0.874. The molecule has 1 saturated heterocycles. The molecular formula is C16H20N2O6S. The fourth-order valence-corrected chi connectivity index (χ4v) is 4.31. The van der Waals surface area contributed by atoms with Gasteiger partial charge in [-0.2, -0.15) is 0 Å². The molecule has 1 atom stereocenters. The number of amides is 2. The molecule has 2 aliphatic rings. The molecule has 9 heteroatoms. The summed E-state index contributed by atoms with van der Waals surface area (Å²) in [4.78, 5) is 25.0. The Morgan fingerprint density at radius 2 is 1.88 bits per heavy atom. The number of carbonyl (C=O) groups excluding carboxylic acids is 2. The normalized spacial score (nSPS) is 21.0. The van der Waals surface area contributed by atoms with E-state index < -0.39 is 33.1 Å². The highest BCUT2D eigenvalue weighted by molar-refractivity contribution is 7.91. The summed E-state index contributed by atoms with van der Waals surface area (Å²) in [6, 6.07) is 4.50. The van der Waals surface area contributed by atoms with Gasteiger partial charge in [-0.25, -0.2) is 8.42 Å². The van der Waals surface area contributed by atoms with Gasteiger partial charge in [0.25, 0.3) is 0 Å². The minimum atomic E-state index is -3.10. The number of sulfone groups is 1. The number of hydrogen-bond donors (Lipinski definition) is 2. The Labute approximate surface area is 145 Å². The van der Waals surface area contributed by atoms with Gasteiger partial charge in [0.1, 0.15) is 5.41 Å². The van der Waals surface area contributed by atoms with Crippen molar-refractivity contribution in [3.63, 3.8) is 0 Å². The van der Waals surface area contributed by atoms with Crippen molar-refractivity contribution in [2.45, 2.75) is 26.3 Å². The van der Waals surface area contributed by atoms with Gasteiger partial charge in [-0.3, -0.25) is 9.59 Å². The van der Waals surface area contributed by atoms with E-state index in [0.717, 1.165) is 0 Å². The van der Waals surface area contributed by atoms with Crippen molar-refractivity contribution in [2.24, 2.45) is 5.41 Å². The summed E-state index contributed by atoms with van der Waals surface area (Å²) in [7, 11) is -3.10. The standard InChI is InChI=1S/C16H20N2O6S/c1-16(2,15(20)18-11-5-6-25(21,22)8-11)14(19)17-10-3-4-12-13(7-10)24-9-23-12/h3-4,7,11H,5-6,8-9H2,1-2H3,(H,17,19)(H,18,20). The predicted octanol–water partition coefficient (Wildman–Crippen LogP) is 0.683. The molecule has 2 heterocycles.